The second-order valence-electron chi connectivity index (χ2n) is 4.69. The van der Waals surface area contributed by atoms with Gasteiger partial charge in [0.05, 0.1) is 11.8 Å². The van der Waals surface area contributed by atoms with Gasteiger partial charge < -0.3 is 9.84 Å². The van der Waals surface area contributed by atoms with Gasteiger partial charge in [-0.3, -0.25) is 4.79 Å². The molecule has 0 bridgehead atoms. The summed E-state index contributed by atoms with van der Waals surface area (Å²) in [4.78, 5) is 22.8. The molecule has 1 unspecified atom stereocenters. The van der Waals surface area contributed by atoms with E-state index in [0.717, 1.165) is 5.56 Å². The van der Waals surface area contributed by atoms with Crippen molar-refractivity contribution in [2.75, 3.05) is 7.11 Å². The first kappa shape index (κ1) is 16.4. The van der Waals surface area contributed by atoms with E-state index in [4.69, 9.17) is 9.84 Å². The van der Waals surface area contributed by atoms with Crippen molar-refractivity contribution >= 4 is 18.1 Å². The van der Waals surface area contributed by atoms with Crippen molar-refractivity contribution in [1.29, 1.82) is 0 Å². The van der Waals surface area contributed by atoms with Crippen LogP contribution in [0.25, 0.3) is 0 Å². The molecule has 0 heterocycles. The Morgan fingerprint density at radius 3 is 2.35 bits per heavy atom. The van der Waals surface area contributed by atoms with Crippen molar-refractivity contribution in [1.82, 2.24) is 5.43 Å². The Morgan fingerprint density at radius 2 is 1.78 bits per heavy atom. The Morgan fingerprint density at radius 1 is 1.13 bits per heavy atom. The maximum Gasteiger partial charge on any atom is 0.335 e. The second-order valence-corrected chi connectivity index (χ2v) is 4.69. The maximum absolute atomic E-state index is 12.1. The molecule has 6 nitrogen and oxygen atoms in total. The standard InChI is InChI=1S/C17H16N2O4/c1-23-15(13-5-3-2-4-6-13)16(20)19-18-11-12-7-9-14(10-8-12)17(21)22/h2-11,15H,1H3,(H,19,20)(H,21,22)/b18-11+. The van der Waals surface area contributed by atoms with Gasteiger partial charge in [0.15, 0.2) is 6.10 Å². The van der Waals surface area contributed by atoms with E-state index in [-0.39, 0.29) is 5.56 Å². The lowest BCUT2D eigenvalue weighted by molar-refractivity contribution is -0.131. The van der Waals surface area contributed by atoms with Gasteiger partial charge in [-0.05, 0) is 23.3 Å². The predicted molar refractivity (Wildman–Crippen MR) is 85.3 cm³/mol. The van der Waals surface area contributed by atoms with Crippen molar-refractivity contribution in [2.24, 2.45) is 5.10 Å². The molecule has 0 aromatic heterocycles. The van der Waals surface area contributed by atoms with Gasteiger partial charge in [-0.2, -0.15) is 5.10 Å². The molecule has 0 fully saturated rings. The summed E-state index contributed by atoms with van der Waals surface area (Å²) in [5.74, 6) is -1.38. The number of hydrogen-bond acceptors (Lipinski definition) is 4. The highest BCUT2D eigenvalue weighted by Gasteiger charge is 2.18. The minimum Gasteiger partial charge on any atom is -0.478 e. The van der Waals surface area contributed by atoms with E-state index in [2.05, 4.69) is 10.5 Å². The molecular weight excluding hydrogens is 296 g/mol. The lowest BCUT2D eigenvalue weighted by Crippen LogP contribution is -2.26. The number of ether oxygens (including phenoxy) is 1. The Kier molecular flexibility index (Phi) is 5.60. The first-order valence-corrected chi connectivity index (χ1v) is 6.86. The van der Waals surface area contributed by atoms with E-state index in [1.54, 1.807) is 24.3 Å². The summed E-state index contributed by atoms with van der Waals surface area (Å²) in [6, 6.07) is 15.2. The molecule has 118 valence electrons. The van der Waals surface area contributed by atoms with Crippen LogP contribution >= 0.6 is 0 Å². The Labute approximate surface area is 133 Å². The fraction of sp³-hybridized carbons (Fsp3) is 0.118. The summed E-state index contributed by atoms with van der Waals surface area (Å²) in [5, 5.41) is 12.7. The maximum atomic E-state index is 12.1. The number of amides is 1. The molecule has 0 saturated heterocycles. The van der Waals surface area contributed by atoms with Gasteiger partial charge in [-0.15, -0.1) is 0 Å². The molecule has 2 aromatic carbocycles. The van der Waals surface area contributed by atoms with Gasteiger partial charge in [0, 0.05) is 7.11 Å². The highest BCUT2D eigenvalue weighted by atomic mass is 16.5. The molecule has 0 aliphatic rings. The monoisotopic (exact) mass is 312 g/mol. The largest absolute Gasteiger partial charge is 0.478 e. The topological polar surface area (TPSA) is 88.0 Å². The molecule has 0 spiro atoms. The molecule has 0 aliphatic heterocycles. The third-order valence-electron chi connectivity index (χ3n) is 3.12. The zero-order valence-electron chi connectivity index (χ0n) is 12.5. The minimum atomic E-state index is -0.993. The van der Waals surface area contributed by atoms with Gasteiger partial charge in [0.25, 0.3) is 5.91 Å². The summed E-state index contributed by atoms with van der Waals surface area (Å²) in [6.07, 6.45) is 0.684. The second kappa shape index (κ2) is 7.86. The number of benzene rings is 2. The van der Waals surface area contributed by atoms with E-state index in [0.29, 0.717) is 5.56 Å². The van der Waals surface area contributed by atoms with Crippen molar-refractivity contribution in [3.05, 3.63) is 71.3 Å². The Hall–Kier alpha value is -2.99. The number of nitrogens with one attached hydrogen (secondary N) is 1. The highest BCUT2D eigenvalue weighted by Crippen LogP contribution is 2.15. The molecule has 0 aliphatic carbocycles. The molecule has 23 heavy (non-hydrogen) atoms. The number of methoxy groups -OCH3 is 1. The number of carbonyl (C=O) groups is 2. The van der Waals surface area contributed by atoms with Crippen LogP contribution in [0.5, 0.6) is 0 Å². The third-order valence-corrected chi connectivity index (χ3v) is 3.12. The summed E-state index contributed by atoms with van der Waals surface area (Å²) in [6.45, 7) is 0. The van der Waals surface area contributed by atoms with Crippen LogP contribution in [0.4, 0.5) is 0 Å². The van der Waals surface area contributed by atoms with Crippen LogP contribution < -0.4 is 5.43 Å². The lowest BCUT2D eigenvalue weighted by Gasteiger charge is -2.13. The number of rotatable bonds is 6. The van der Waals surface area contributed by atoms with Crippen LogP contribution in [0.3, 0.4) is 0 Å². The number of carbonyl (C=O) groups excluding carboxylic acids is 1. The first-order valence-electron chi connectivity index (χ1n) is 6.86. The van der Waals surface area contributed by atoms with E-state index < -0.39 is 18.0 Å². The average Bonchev–Trinajstić information content (AvgIpc) is 2.57. The van der Waals surface area contributed by atoms with Crippen LogP contribution in [0.1, 0.15) is 27.6 Å². The molecule has 0 saturated carbocycles. The molecule has 2 rings (SSSR count). The molecule has 2 aromatic rings. The first-order chi connectivity index (χ1) is 11.1. The predicted octanol–water partition coefficient (Wildman–Crippen LogP) is 2.22. The number of nitrogens with zero attached hydrogens (tertiary/aromatic N) is 1. The van der Waals surface area contributed by atoms with Gasteiger partial charge in [0.1, 0.15) is 0 Å². The van der Waals surface area contributed by atoms with Crippen LogP contribution in [-0.4, -0.2) is 30.3 Å². The minimum absolute atomic E-state index is 0.190. The van der Waals surface area contributed by atoms with Crippen molar-refractivity contribution in [2.45, 2.75) is 6.10 Å². The van der Waals surface area contributed by atoms with Crippen molar-refractivity contribution < 1.29 is 19.4 Å². The van der Waals surface area contributed by atoms with Crippen LogP contribution in [0.2, 0.25) is 0 Å². The fourth-order valence-electron chi connectivity index (χ4n) is 1.96. The molecular formula is C17H16N2O4. The SMILES string of the molecule is COC(C(=O)N/N=C/c1ccc(C(=O)O)cc1)c1ccccc1. The Bertz CT molecular complexity index is 696. The molecule has 1 atom stereocenters. The van der Waals surface area contributed by atoms with Crippen LogP contribution in [0.15, 0.2) is 59.7 Å². The molecule has 2 N–H and O–H groups in total. The zero-order valence-corrected chi connectivity index (χ0v) is 12.5. The number of hydrazone groups is 1. The smallest absolute Gasteiger partial charge is 0.335 e. The zero-order chi connectivity index (χ0) is 16.7. The summed E-state index contributed by atoms with van der Waals surface area (Å²) >= 11 is 0. The summed E-state index contributed by atoms with van der Waals surface area (Å²) in [5.41, 5.74) is 4.00. The van der Waals surface area contributed by atoms with Crippen molar-refractivity contribution in [3.63, 3.8) is 0 Å². The quantitative estimate of drug-likeness (QED) is 0.632. The average molecular weight is 312 g/mol. The molecule has 1 amide bonds. The highest BCUT2D eigenvalue weighted by molar-refractivity contribution is 5.89. The van der Waals surface area contributed by atoms with E-state index in [9.17, 15) is 9.59 Å². The summed E-state index contributed by atoms with van der Waals surface area (Å²) in [7, 11) is 1.45. The van der Waals surface area contributed by atoms with Gasteiger partial charge in [0.2, 0.25) is 0 Å². The lowest BCUT2D eigenvalue weighted by atomic mass is 10.1. The van der Waals surface area contributed by atoms with Gasteiger partial charge >= 0.3 is 5.97 Å². The summed E-state index contributed by atoms with van der Waals surface area (Å²) < 4.78 is 5.19. The molecule has 0 radical (unpaired) electrons. The molecule has 6 heteroatoms. The van der Waals surface area contributed by atoms with E-state index in [1.165, 1.54) is 25.5 Å². The Balaban J connectivity index is 1.98. The number of carboxylic acids is 1. The third kappa shape index (κ3) is 4.49. The van der Waals surface area contributed by atoms with Crippen molar-refractivity contribution in [3.8, 4) is 0 Å². The van der Waals surface area contributed by atoms with Crippen LogP contribution in [-0.2, 0) is 9.53 Å². The number of hydrogen-bond donors (Lipinski definition) is 2. The van der Waals surface area contributed by atoms with E-state index in [1.807, 2.05) is 18.2 Å². The number of aromatic carboxylic acids is 1. The van der Waals surface area contributed by atoms with Crippen LogP contribution in [0, 0.1) is 0 Å². The normalized spacial score (nSPS) is 12.0. The fourth-order valence-corrected chi connectivity index (χ4v) is 1.96. The van der Waals surface area contributed by atoms with E-state index >= 15 is 0 Å². The number of carboxylic acid groups (broad SMARTS) is 1. The van der Waals surface area contributed by atoms with Gasteiger partial charge in [-0.25, -0.2) is 10.2 Å². The van der Waals surface area contributed by atoms with Gasteiger partial charge in [-0.1, -0.05) is 42.5 Å².